The predicted molar refractivity (Wildman–Crippen MR) is 62.4 cm³/mol. The Morgan fingerprint density at radius 1 is 1.47 bits per heavy atom. The fourth-order valence-electron chi connectivity index (χ4n) is 1.92. The highest BCUT2D eigenvalue weighted by atomic mass is 16.6. The van der Waals surface area contributed by atoms with Crippen LogP contribution >= 0.6 is 0 Å². The minimum Gasteiger partial charge on any atom is -0.464 e. The Bertz CT molecular complexity index is 316. The Kier molecular flexibility index (Phi) is 4.69. The molecule has 0 saturated carbocycles. The number of carbonyl (C=O) groups excluding carboxylic acids is 2. The summed E-state index contributed by atoms with van der Waals surface area (Å²) in [5, 5.41) is 2.98. The van der Waals surface area contributed by atoms with E-state index in [0.717, 1.165) is 6.42 Å². The van der Waals surface area contributed by atoms with Crippen molar-refractivity contribution >= 4 is 11.9 Å². The van der Waals surface area contributed by atoms with Gasteiger partial charge in [-0.25, -0.2) is 9.59 Å². The maximum atomic E-state index is 12.0. The molecule has 1 aliphatic heterocycles. The van der Waals surface area contributed by atoms with Crippen LogP contribution in [0.2, 0.25) is 0 Å². The SMILES string of the molecule is C=CCOC(=O)C1(C(=O)OCC)CCC(C)N1. The molecular formula is C12H19NO4. The zero-order chi connectivity index (χ0) is 12.9. The summed E-state index contributed by atoms with van der Waals surface area (Å²) < 4.78 is 9.92. The third kappa shape index (κ3) is 2.85. The van der Waals surface area contributed by atoms with Gasteiger partial charge in [-0.3, -0.25) is 5.32 Å². The molecule has 2 atom stereocenters. The maximum absolute atomic E-state index is 12.0. The zero-order valence-corrected chi connectivity index (χ0v) is 10.3. The Hall–Kier alpha value is -1.36. The van der Waals surface area contributed by atoms with Crippen LogP contribution in [0.25, 0.3) is 0 Å². The number of carbonyl (C=O) groups is 2. The van der Waals surface area contributed by atoms with E-state index in [1.54, 1.807) is 6.92 Å². The number of ether oxygens (including phenoxy) is 2. The average molecular weight is 241 g/mol. The lowest BCUT2D eigenvalue weighted by Crippen LogP contribution is -2.57. The number of esters is 2. The van der Waals surface area contributed by atoms with Crippen LogP contribution in [-0.2, 0) is 19.1 Å². The fourth-order valence-corrected chi connectivity index (χ4v) is 1.92. The van der Waals surface area contributed by atoms with Crippen LogP contribution in [-0.4, -0.2) is 36.7 Å². The van der Waals surface area contributed by atoms with E-state index in [0.29, 0.717) is 6.42 Å². The van der Waals surface area contributed by atoms with Crippen molar-refractivity contribution in [3.8, 4) is 0 Å². The van der Waals surface area contributed by atoms with Crippen LogP contribution < -0.4 is 5.32 Å². The van der Waals surface area contributed by atoms with Crippen LogP contribution in [0, 0.1) is 0 Å². The molecular weight excluding hydrogens is 222 g/mol. The monoisotopic (exact) mass is 241 g/mol. The van der Waals surface area contributed by atoms with Gasteiger partial charge < -0.3 is 9.47 Å². The second-order valence-corrected chi connectivity index (χ2v) is 4.10. The average Bonchev–Trinajstić information content (AvgIpc) is 2.70. The lowest BCUT2D eigenvalue weighted by Gasteiger charge is -2.25. The second kappa shape index (κ2) is 5.82. The molecule has 5 nitrogen and oxygen atoms in total. The van der Waals surface area contributed by atoms with Gasteiger partial charge in [0.15, 0.2) is 0 Å². The molecule has 5 heteroatoms. The van der Waals surface area contributed by atoms with Crippen molar-refractivity contribution in [2.75, 3.05) is 13.2 Å². The largest absolute Gasteiger partial charge is 0.464 e. The summed E-state index contributed by atoms with van der Waals surface area (Å²) in [5.74, 6) is -1.14. The molecule has 0 bridgehead atoms. The molecule has 0 aromatic rings. The molecule has 0 radical (unpaired) electrons. The molecule has 0 spiro atoms. The van der Waals surface area contributed by atoms with Gasteiger partial charge in [0.05, 0.1) is 6.61 Å². The Morgan fingerprint density at radius 2 is 2.12 bits per heavy atom. The topological polar surface area (TPSA) is 64.6 Å². The van der Waals surface area contributed by atoms with E-state index in [-0.39, 0.29) is 19.3 Å². The summed E-state index contributed by atoms with van der Waals surface area (Å²) in [7, 11) is 0. The summed E-state index contributed by atoms with van der Waals surface area (Å²) in [6.07, 6.45) is 2.61. The predicted octanol–water partition coefficient (Wildman–Crippen LogP) is 0.789. The third-order valence-corrected chi connectivity index (χ3v) is 2.75. The van der Waals surface area contributed by atoms with Gasteiger partial charge in [-0.05, 0) is 26.7 Å². The molecule has 1 fully saturated rings. The fraction of sp³-hybridized carbons (Fsp3) is 0.667. The summed E-state index contributed by atoms with van der Waals surface area (Å²) in [6, 6.07) is 0.0932. The van der Waals surface area contributed by atoms with E-state index in [2.05, 4.69) is 11.9 Å². The molecule has 0 aromatic heterocycles. The molecule has 2 unspecified atom stereocenters. The van der Waals surface area contributed by atoms with Gasteiger partial charge >= 0.3 is 11.9 Å². The summed E-state index contributed by atoms with van der Waals surface area (Å²) >= 11 is 0. The van der Waals surface area contributed by atoms with Crippen LogP contribution in [0.1, 0.15) is 26.7 Å². The molecule has 1 aliphatic rings. The Morgan fingerprint density at radius 3 is 2.59 bits per heavy atom. The highest BCUT2D eigenvalue weighted by Crippen LogP contribution is 2.26. The number of hydrogen-bond donors (Lipinski definition) is 1. The van der Waals surface area contributed by atoms with Gasteiger partial charge in [-0.2, -0.15) is 0 Å². The van der Waals surface area contributed by atoms with Crippen molar-refractivity contribution in [1.29, 1.82) is 0 Å². The lowest BCUT2D eigenvalue weighted by molar-refractivity contribution is -0.165. The van der Waals surface area contributed by atoms with Crippen molar-refractivity contribution in [3.05, 3.63) is 12.7 Å². The zero-order valence-electron chi connectivity index (χ0n) is 10.3. The molecule has 96 valence electrons. The first-order valence-electron chi connectivity index (χ1n) is 5.80. The molecule has 1 saturated heterocycles. The number of nitrogens with one attached hydrogen (secondary N) is 1. The molecule has 1 N–H and O–H groups in total. The summed E-state index contributed by atoms with van der Waals surface area (Å²) in [6.45, 7) is 7.42. The number of hydrogen-bond acceptors (Lipinski definition) is 5. The van der Waals surface area contributed by atoms with Gasteiger partial charge in [0, 0.05) is 6.04 Å². The van der Waals surface area contributed by atoms with Crippen LogP contribution in [0.5, 0.6) is 0 Å². The van der Waals surface area contributed by atoms with Gasteiger partial charge in [-0.1, -0.05) is 12.7 Å². The number of rotatable bonds is 5. The van der Waals surface area contributed by atoms with Crippen molar-refractivity contribution in [2.45, 2.75) is 38.3 Å². The molecule has 1 heterocycles. The minimum absolute atomic E-state index is 0.0932. The smallest absolute Gasteiger partial charge is 0.338 e. The highest BCUT2D eigenvalue weighted by molar-refractivity contribution is 6.05. The van der Waals surface area contributed by atoms with Crippen LogP contribution in [0.15, 0.2) is 12.7 Å². The third-order valence-electron chi connectivity index (χ3n) is 2.75. The van der Waals surface area contributed by atoms with Gasteiger partial charge in [0.25, 0.3) is 0 Å². The van der Waals surface area contributed by atoms with Crippen LogP contribution in [0.3, 0.4) is 0 Å². The maximum Gasteiger partial charge on any atom is 0.338 e. The van der Waals surface area contributed by atoms with Crippen LogP contribution in [0.4, 0.5) is 0 Å². The van der Waals surface area contributed by atoms with Gasteiger partial charge in [0.1, 0.15) is 6.61 Å². The van der Waals surface area contributed by atoms with Crippen molar-refractivity contribution in [1.82, 2.24) is 5.32 Å². The van der Waals surface area contributed by atoms with E-state index in [1.807, 2.05) is 6.92 Å². The van der Waals surface area contributed by atoms with Crippen molar-refractivity contribution < 1.29 is 19.1 Å². The van der Waals surface area contributed by atoms with Gasteiger partial charge in [-0.15, -0.1) is 0 Å². The highest BCUT2D eigenvalue weighted by Gasteiger charge is 2.52. The summed E-state index contributed by atoms with van der Waals surface area (Å²) in [4.78, 5) is 23.9. The van der Waals surface area contributed by atoms with Crippen molar-refractivity contribution in [3.63, 3.8) is 0 Å². The normalized spacial score (nSPS) is 27.5. The molecule has 1 rings (SSSR count). The van der Waals surface area contributed by atoms with E-state index in [4.69, 9.17) is 9.47 Å². The van der Waals surface area contributed by atoms with E-state index >= 15 is 0 Å². The molecule has 0 aromatic carbocycles. The first kappa shape index (κ1) is 13.7. The molecule has 0 aliphatic carbocycles. The Balaban J connectivity index is 2.82. The molecule has 17 heavy (non-hydrogen) atoms. The molecule has 0 amide bonds. The lowest BCUT2D eigenvalue weighted by atomic mass is 9.98. The summed E-state index contributed by atoms with van der Waals surface area (Å²) in [5.41, 5.74) is -1.33. The van der Waals surface area contributed by atoms with Gasteiger partial charge in [0.2, 0.25) is 5.54 Å². The first-order chi connectivity index (χ1) is 8.06. The van der Waals surface area contributed by atoms with Crippen molar-refractivity contribution in [2.24, 2.45) is 0 Å². The Labute approximate surface area is 101 Å². The minimum atomic E-state index is -1.33. The first-order valence-corrected chi connectivity index (χ1v) is 5.80. The standard InChI is InChI=1S/C12H19NO4/c1-4-8-17-11(15)12(10(14)16-5-2)7-6-9(3)13-12/h4,9,13H,1,5-8H2,2-3H3. The quantitative estimate of drug-likeness (QED) is 0.438. The second-order valence-electron chi connectivity index (χ2n) is 4.10. The van der Waals surface area contributed by atoms with E-state index in [9.17, 15) is 9.59 Å². The van der Waals surface area contributed by atoms with E-state index < -0.39 is 17.5 Å². The van der Waals surface area contributed by atoms with E-state index in [1.165, 1.54) is 6.08 Å².